The Morgan fingerprint density at radius 3 is 2.84 bits per heavy atom. The number of ether oxygens (including phenoxy) is 2. The number of aliphatic hydroxyl groups is 1. The number of hydrogen-bond acceptors (Lipinski definition) is 5. The lowest BCUT2D eigenvalue weighted by atomic mass is 10.0. The van der Waals surface area contributed by atoms with Gasteiger partial charge in [-0.3, -0.25) is 0 Å². The molecule has 0 fully saturated rings. The first-order chi connectivity index (χ1) is 11.9. The van der Waals surface area contributed by atoms with Crippen molar-refractivity contribution in [2.75, 3.05) is 20.3 Å². The molecule has 0 saturated heterocycles. The van der Waals surface area contributed by atoms with Gasteiger partial charge in [-0.15, -0.1) is 0 Å². The van der Waals surface area contributed by atoms with Crippen LogP contribution >= 0.6 is 11.6 Å². The molecular formula is C17H18ClNO5S. The highest BCUT2D eigenvalue weighted by atomic mass is 35.5. The Morgan fingerprint density at radius 2 is 2.12 bits per heavy atom. The SMILES string of the molecule is COc1ccc(S(=O)(=O)NC[C@@H](O)c2ccc3c(c2)CCO3)cc1Cl. The van der Waals surface area contributed by atoms with Crippen LogP contribution in [0.1, 0.15) is 17.2 Å². The number of fused-ring (bicyclic) bond motifs is 1. The summed E-state index contributed by atoms with van der Waals surface area (Å²) in [5.41, 5.74) is 1.65. The minimum absolute atomic E-state index is 0.00727. The van der Waals surface area contributed by atoms with Gasteiger partial charge in [-0.25, -0.2) is 13.1 Å². The van der Waals surface area contributed by atoms with Crippen LogP contribution in [0, 0.1) is 0 Å². The molecule has 0 saturated carbocycles. The fraction of sp³-hybridized carbons (Fsp3) is 0.294. The number of aliphatic hydroxyl groups excluding tert-OH is 1. The monoisotopic (exact) mass is 383 g/mol. The lowest BCUT2D eigenvalue weighted by Gasteiger charge is -2.14. The lowest BCUT2D eigenvalue weighted by molar-refractivity contribution is 0.182. The Morgan fingerprint density at radius 1 is 1.32 bits per heavy atom. The van der Waals surface area contributed by atoms with Gasteiger partial charge in [-0.1, -0.05) is 17.7 Å². The zero-order valence-corrected chi connectivity index (χ0v) is 15.1. The summed E-state index contributed by atoms with van der Waals surface area (Å²) in [5, 5.41) is 10.5. The first-order valence-electron chi connectivity index (χ1n) is 7.67. The second-order valence-corrected chi connectivity index (χ2v) is 7.80. The Bertz CT molecular complexity index is 885. The molecule has 2 aromatic rings. The number of nitrogens with one attached hydrogen (secondary N) is 1. The van der Waals surface area contributed by atoms with Crippen LogP contribution in [0.25, 0.3) is 0 Å². The highest BCUT2D eigenvalue weighted by Gasteiger charge is 2.20. The molecule has 6 nitrogen and oxygen atoms in total. The van der Waals surface area contributed by atoms with E-state index in [1.54, 1.807) is 12.1 Å². The smallest absolute Gasteiger partial charge is 0.240 e. The van der Waals surface area contributed by atoms with Gasteiger partial charge in [0.1, 0.15) is 11.5 Å². The Labute approximate surface area is 151 Å². The fourth-order valence-electron chi connectivity index (χ4n) is 2.62. The zero-order valence-electron chi connectivity index (χ0n) is 13.5. The minimum Gasteiger partial charge on any atom is -0.495 e. The summed E-state index contributed by atoms with van der Waals surface area (Å²) < 4.78 is 37.6. The maximum absolute atomic E-state index is 12.4. The van der Waals surface area contributed by atoms with Gasteiger partial charge in [-0.05, 0) is 41.5 Å². The summed E-state index contributed by atoms with van der Waals surface area (Å²) in [6.45, 7) is 0.478. The quantitative estimate of drug-likeness (QED) is 0.799. The number of sulfonamides is 1. The molecule has 0 unspecified atom stereocenters. The molecule has 1 heterocycles. The van der Waals surface area contributed by atoms with E-state index in [4.69, 9.17) is 21.1 Å². The van der Waals surface area contributed by atoms with Gasteiger partial charge in [0.25, 0.3) is 0 Å². The Kier molecular flexibility index (Phi) is 5.19. The molecule has 0 amide bonds. The van der Waals surface area contributed by atoms with Crippen LogP contribution in [-0.2, 0) is 16.4 Å². The number of hydrogen-bond donors (Lipinski definition) is 2. The predicted molar refractivity (Wildman–Crippen MR) is 93.8 cm³/mol. The third-order valence-corrected chi connectivity index (χ3v) is 5.72. The molecule has 25 heavy (non-hydrogen) atoms. The van der Waals surface area contributed by atoms with Gasteiger partial charge in [0.05, 0.1) is 29.7 Å². The molecule has 3 rings (SSSR count). The third-order valence-electron chi connectivity index (χ3n) is 4.00. The largest absolute Gasteiger partial charge is 0.495 e. The second kappa shape index (κ2) is 7.21. The average Bonchev–Trinajstić information content (AvgIpc) is 3.07. The summed E-state index contributed by atoms with van der Waals surface area (Å²) in [7, 11) is -2.35. The molecule has 8 heteroatoms. The van der Waals surface area contributed by atoms with E-state index in [1.807, 2.05) is 6.07 Å². The summed E-state index contributed by atoms with van der Waals surface area (Å²) in [5.74, 6) is 1.20. The highest BCUT2D eigenvalue weighted by molar-refractivity contribution is 7.89. The van der Waals surface area contributed by atoms with Crippen molar-refractivity contribution in [2.24, 2.45) is 0 Å². The first kappa shape index (κ1) is 18.0. The first-order valence-corrected chi connectivity index (χ1v) is 9.54. The van der Waals surface area contributed by atoms with E-state index in [0.717, 1.165) is 17.7 Å². The van der Waals surface area contributed by atoms with Gasteiger partial charge in [0, 0.05) is 13.0 Å². The van der Waals surface area contributed by atoms with E-state index in [1.165, 1.54) is 25.3 Å². The number of benzene rings is 2. The van der Waals surface area contributed by atoms with E-state index >= 15 is 0 Å². The van der Waals surface area contributed by atoms with Crippen molar-refractivity contribution < 1.29 is 23.0 Å². The van der Waals surface area contributed by atoms with Gasteiger partial charge >= 0.3 is 0 Å². The topological polar surface area (TPSA) is 84.9 Å². The van der Waals surface area contributed by atoms with Gasteiger partial charge in [0.2, 0.25) is 10.0 Å². The molecule has 0 aromatic heterocycles. The molecule has 2 N–H and O–H groups in total. The molecule has 0 radical (unpaired) electrons. The van der Waals surface area contributed by atoms with Crippen LogP contribution < -0.4 is 14.2 Å². The van der Waals surface area contributed by atoms with Gasteiger partial charge < -0.3 is 14.6 Å². The van der Waals surface area contributed by atoms with Crippen molar-refractivity contribution in [1.82, 2.24) is 4.72 Å². The number of rotatable bonds is 6. The van der Waals surface area contributed by atoms with Crippen LogP contribution in [0.5, 0.6) is 11.5 Å². The van der Waals surface area contributed by atoms with Crippen LogP contribution in [-0.4, -0.2) is 33.8 Å². The molecule has 1 aliphatic rings. The molecule has 1 aliphatic heterocycles. The molecule has 134 valence electrons. The zero-order chi connectivity index (χ0) is 18.0. The molecule has 0 spiro atoms. The molecule has 1 atom stereocenters. The minimum atomic E-state index is -3.80. The normalized spacial score (nSPS) is 14.7. The van der Waals surface area contributed by atoms with E-state index < -0.39 is 16.1 Å². The van der Waals surface area contributed by atoms with Crippen LogP contribution in [0.3, 0.4) is 0 Å². The van der Waals surface area contributed by atoms with E-state index in [-0.39, 0.29) is 16.5 Å². The van der Waals surface area contributed by atoms with Crippen molar-refractivity contribution in [3.8, 4) is 11.5 Å². The highest BCUT2D eigenvalue weighted by Crippen LogP contribution is 2.29. The van der Waals surface area contributed by atoms with E-state index in [2.05, 4.69) is 4.72 Å². The summed E-state index contributed by atoms with van der Waals surface area (Å²) in [4.78, 5) is 0.00727. The van der Waals surface area contributed by atoms with Crippen molar-refractivity contribution >= 4 is 21.6 Å². The fourth-order valence-corrected chi connectivity index (χ4v) is 4.00. The van der Waals surface area contributed by atoms with Crippen molar-refractivity contribution in [1.29, 1.82) is 0 Å². The molecular weight excluding hydrogens is 366 g/mol. The maximum atomic E-state index is 12.4. The standard InChI is InChI=1S/C17H18ClNO5S/c1-23-17-5-3-13(9-14(17)18)25(21,22)19-10-15(20)11-2-4-16-12(8-11)6-7-24-16/h2-5,8-9,15,19-20H,6-7,10H2,1H3/t15-/m1/s1. The maximum Gasteiger partial charge on any atom is 0.240 e. The van der Waals surface area contributed by atoms with Gasteiger partial charge in [0.15, 0.2) is 0 Å². The van der Waals surface area contributed by atoms with Crippen LogP contribution in [0.4, 0.5) is 0 Å². The van der Waals surface area contributed by atoms with Crippen LogP contribution in [0.2, 0.25) is 5.02 Å². The average molecular weight is 384 g/mol. The number of methoxy groups -OCH3 is 1. The Balaban J connectivity index is 1.70. The van der Waals surface area contributed by atoms with Crippen molar-refractivity contribution in [2.45, 2.75) is 17.4 Å². The summed E-state index contributed by atoms with van der Waals surface area (Å²) in [6, 6.07) is 9.54. The van der Waals surface area contributed by atoms with E-state index in [0.29, 0.717) is 17.9 Å². The molecule has 2 aromatic carbocycles. The predicted octanol–water partition coefficient (Wildman–Crippen LogP) is 2.30. The van der Waals surface area contributed by atoms with Gasteiger partial charge in [-0.2, -0.15) is 0 Å². The number of halogens is 1. The van der Waals surface area contributed by atoms with Crippen molar-refractivity contribution in [3.05, 3.63) is 52.5 Å². The van der Waals surface area contributed by atoms with Crippen molar-refractivity contribution in [3.63, 3.8) is 0 Å². The second-order valence-electron chi connectivity index (χ2n) is 5.63. The molecule has 0 aliphatic carbocycles. The Hall–Kier alpha value is -1.80. The van der Waals surface area contributed by atoms with E-state index in [9.17, 15) is 13.5 Å². The summed E-state index contributed by atoms with van der Waals surface area (Å²) >= 11 is 5.97. The summed E-state index contributed by atoms with van der Waals surface area (Å²) in [6.07, 6.45) is -0.180. The lowest BCUT2D eigenvalue weighted by Crippen LogP contribution is -2.28. The third kappa shape index (κ3) is 3.90. The molecule has 0 bridgehead atoms. The van der Waals surface area contributed by atoms with Crippen LogP contribution in [0.15, 0.2) is 41.3 Å².